The third-order valence-electron chi connectivity index (χ3n) is 6.07. The lowest BCUT2D eigenvalue weighted by Gasteiger charge is -2.28. The van der Waals surface area contributed by atoms with E-state index in [1.165, 1.54) is 23.1 Å². The summed E-state index contributed by atoms with van der Waals surface area (Å²) in [5, 5.41) is 4.18. The number of benzene rings is 1. The second kappa shape index (κ2) is 10.3. The molecular formula is C23H27N5O3S2. The van der Waals surface area contributed by atoms with Crippen molar-refractivity contribution < 1.29 is 9.53 Å². The van der Waals surface area contributed by atoms with Crippen molar-refractivity contribution in [2.24, 2.45) is 0 Å². The van der Waals surface area contributed by atoms with Crippen molar-refractivity contribution in [2.75, 3.05) is 43.9 Å². The molecule has 2 aliphatic rings. The van der Waals surface area contributed by atoms with Gasteiger partial charge in [0.25, 0.3) is 0 Å². The summed E-state index contributed by atoms with van der Waals surface area (Å²) >= 11 is 2.81. The fourth-order valence-corrected chi connectivity index (χ4v) is 6.14. The number of carbonyl (C=O) groups is 1. The number of thiazole rings is 1. The molecule has 1 saturated heterocycles. The molecule has 1 aliphatic heterocycles. The van der Waals surface area contributed by atoms with E-state index in [-0.39, 0.29) is 17.3 Å². The smallest absolute Gasteiger partial charge is 0.348 e. The Balaban J connectivity index is 1.27. The monoisotopic (exact) mass is 485 g/mol. The van der Waals surface area contributed by atoms with Gasteiger partial charge in [0.05, 0.1) is 29.2 Å². The summed E-state index contributed by atoms with van der Waals surface area (Å²) in [6, 6.07) is 7.81. The molecule has 0 radical (unpaired) electrons. The number of anilines is 1. The van der Waals surface area contributed by atoms with Crippen molar-refractivity contribution >= 4 is 44.4 Å². The van der Waals surface area contributed by atoms with Crippen LogP contribution >= 0.6 is 23.1 Å². The predicted octanol–water partition coefficient (Wildman–Crippen LogP) is 2.79. The predicted molar refractivity (Wildman–Crippen MR) is 131 cm³/mol. The quantitative estimate of drug-likeness (QED) is 0.407. The highest BCUT2D eigenvalue weighted by atomic mass is 32.2. The molecule has 1 N–H and O–H groups in total. The minimum atomic E-state index is -0.210. The van der Waals surface area contributed by atoms with E-state index in [4.69, 9.17) is 4.74 Å². The number of thioether (sulfide) groups is 1. The summed E-state index contributed by atoms with van der Waals surface area (Å²) in [5.74, 6) is 0.0639. The maximum Gasteiger partial charge on any atom is 0.348 e. The minimum absolute atomic E-state index is 0.137. The Morgan fingerprint density at radius 2 is 1.94 bits per heavy atom. The number of amides is 1. The van der Waals surface area contributed by atoms with Crippen molar-refractivity contribution in [2.45, 2.75) is 37.3 Å². The molecule has 1 aromatic carbocycles. The van der Waals surface area contributed by atoms with Crippen LogP contribution in [0.1, 0.15) is 24.1 Å². The molecule has 3 aromatic rings. The second-order valence-corrected chi connectivity index (χ2v) is 10.3. The summed E-state index contributed by atoms with van der Waals surface area (Å²) in [7, 11) is 0. The highest BCUT2D eigenvalue weighted by molar-refractivity contribution is 8.00. The number of aromatic nitrogens is 3. The molecule has 8 nitrogen and oxygen atoms in total. The summed E-state index contributed by atoms with van der Waals surface area (Å²) in [5.41, 5.74) is 2.91. The van der Waals surface area contributed by atoms with Crippen LogP contribution in [0.25, 0.3) is 10.2 Å². The van der Waals surface area contributed by atoms with E-state index in [0.717, 1.165) is 80.0 Å². The number of nitrogens with one attached hydrogen (secondary N) is 1. The number of ether oxygens (including phenoxy) is 1. The van der Waals surface area contributed by atoms with Gasteiger partial charge in [0.1, 0.15) is 5.03 Å². The second-order valence-electron chi connectivity index (χ2n) is 8.26. The molecule has 0 bridgehead atoms. The summed E-state index contributed by atoms with van der Waals surface area (Å²) in [6.45, 7) is 4.79. The van der Waals surface area contributed by atoms with Crippen LogP contribution < -0.4 is 11.0 Å². The van der Waals surface area contributed by atoms with Gasteiger partial charge >= 0.3 is 5.69 Å². The maximum atomic E-state index is 12.9. The fourth-order valence-electron chi connectivity index (χ4n) is 4.38. The van der Waals surface area contributed by atoms with Crippen LogP contribution in [0.4, 0.5) is 5.13 Å². The lowest BCUT2D eigenvalue weighted by molar-refractivity contribution is -0.113. The van der Waals surface area contributed by atoms with E-state index in [0.29, 0.717) is 16.7 Å². The molecule has 5 rings (SSSR count). The van der Waals surface area contributed by atoms with Crippen molar-refractivity contribution in [3.8, 4) is 0 Å². The molecule has 0 spiro atoms. The van der Waals surface area contributed by atoms with Crippen molar-refractivity contribution in [1.29, 1.82) is 0 Å². The van der Waals surface area contributed by atoms with Gasteiger partial charge in [-0.25, -0.2) is 9.78 Å². The molecule has 3 heterocycles. The topological polar surface area (TPSA) is 89.4 Å². The Hall–Kier alpha value is -2.27. The largest absolute Gasteiger partial charge is 0.379 e. The number of para-hydroxylation sites is 1. The van der Waals surface area contributed by atoms with E-state index >= 15 is 0 Å². The number of hydrogen-bond donors (Lipinski definition) is 1. The fraction of sp³-hybridized carbons (Fsp3) is 0.478. The standard InChI is InChI=1S/C23H27N5O3S2/c29-20(25-22-24-17-6-2-4-8-19(17)33-22)15-32-21-16-5-1-3-7-18(16)28(23(30)26-21)10-9-27-11-13-31-14-12-27/h2,4,6,8H,1,3,5,7,9-15H2,(H,24,25,29). The van der Waals surface area contributed by atoms with E-state index in [1.54, 1.807) is 0 Å². The molecule has 33 heavy (non-hydrogen) atoms. The molecule has 174 valence electrons. The molecule has 2 aromatic heterocycles. The number of fused-ring (bicyclic) bond motifs is 2. The third-order valence-corrected chi connectivity index (χ3v) is 8.04. The Bertz CT molecular complexity index is 1170. The van der Waals surface area contributed by atoms with E-state index in [2.05, 4.69) is 20.2 Å². The van der Waals surface area contributed by atoms with Gasteiger partial charge in [-0.3, -0.25) is 14.3 Å². The lowest BCUT2D eigenvalue weighted by atomic mass is 9.97. The Labute approximate surface area is 200 Å². The Morgan fingerprint density at radius 3 is 2.79 bits per heavy atom. The first-order valence-electron chi connectivity index (χ1n) is 11.4. The Kier molecular flexibility index (Phi) is 7.05. The van der Waals surface area contributed by atoms with Crippen LogP contribution in [0.3, 0.4) is 0 Å². The molecular weight excluding hydrogens is 458 g/mol. The molecule has 0 unspecified atom stereocenters. The molecule has 0 saturated carbocycles. The number of nitrogens with zero attached hydrogens (tertiary/aromatic N) is 4. The first-order chi connectivity index (χ1) is 16.2. The molecule has 1 fully saturated rings. The molecule has 1 aliphatic carbocycles. The number of rotatable bonds is 7. The van der Waals surface area contributed by atoms with Gasteiger partial charge in [0, 0.05) is 37.4 Å². The SMILES string of the molecule is O=C(CSc1nc(=O)n(CCN2CCOCC2)c2c1CCCC2)Nc1nc2ccccc2s1. The van der Waals surface area contributed by atoms with Gasteiger partial charge in [-0.1, -0.05) is 35.2 Å². The van der Waals surface area contributed by atoms with E-state index < -0.39 is 0 Å². The Morgan fingerprint density at radius 1 is 1.12 bits per heavy atom. The average Bonchev–Trinajstić information content (AvgIpc) is 3.25. The maximum absolute atomic E-state index is 12.9. The minimum Gasteiger partial charge on any atom is -0.379 e. The highest BCUT2D eigenvalue weighted by Crippen LogP contribution is 2.29. The van der Waals surface area contributed by atoms with Gasteiger partial charge in [-0.2, -0.15) is 4.98 Å². The van der Waals surface area contributed by atoms with Crippen molar-refractivity contribution in [3.05, 3.63) is 46.0 Å². The van der Waals surface area contributed by atoms with Crippen molar-refractivity contribution in [1.82, 2.24) is 19.4 Å². The number of morpholine rings is 1. The van der Waals surface area contributed by atoms with E-state index in [9.17, 15) is 9.59 Å². The lowest BCUT2D eigenvalue weighted by Crippen LogP contribution is -2.40. The van der Waals surface area contributed by atoms with Crippen LogP contribution in [0.2, 0.25) is 0 Å². The first kappa shape index (κ1) is 22.5. The highest BCUT2D eigenvalue weighted by Gasteiger charge is 2.22. The zero-order valence-electron chi connectivity index (χ0n) is 18.4. The zero-order chi connectivity index (χ0) is 22.6. The van der Waals surface area contributed by atoms with Crippen LogP contribution in [0.15, 0.2) is 34.1 Å². The summed E-state index contributed by atoms with van der Waals surface area (Å²) < 4.78 is 8.31. The van der Waals surface area contributed by atoms with Gasteiger partial charge in [-0.15, -0.1) is 0 Å². The van der Waals surface area contributed by atoms with Crippen LogP contribution in [-0.4, -0.2) is 63.9 Å². The van der Waals surface area contributed by atoms with Gasteiger partial charge in [0.15, 0.2) is 5.13 Å². The number of carbonyl (C=O) groups excluding carboxylic acids is 1. The summed E-state index contributed by atoms with van der Waals surface area (Å²) in [4.78, 5) is 36.7. The zero-order valence-corrected chi connectivity index (χ0v) is 20.1. The number of hydrogen-bond acceptors (Lipinski definition) is 8. The first-order valence-corrected chi connectivity index (χ1v) is 13.2. The normalized spacial score (nSPS) is 16.6. The van der Waals surface area contributed by atoms with Crippen molar-refractivity contribution in [3.63, 3.8) is 0 Å². The molecule has 0 atom stereocenters. The van der Waals surface area contributed by atoms with Crippen LogP contribution in [0.5, 0.6) is 0 Å². The third kappa shape index (κ3) is 5.29. The average molecular weight is 486 g/mol. The van der Waals surface area contributed by atoms with E-state index in [1.807, 2.05) is 28.8 Å². The van der Waals surface area contributed by atoms with Gasteiger partial charge < -0.3 is 10.1 Å². The summed E-state index contributed by atoms with van der Waals surface area (Å²) in [6.07, 6.45) is 3.96. The van der Waals surface area contributed by atoms with Crippen LogP contribution in [0, 0.1) is 0 Å². The molecule has 10 heteroatoms. The molecule has 1 amide bonds. The van der Waals surface area contributed by atoms with Gasteiger partial charge in [0.2, 0.25) is 5.91 Å². The van der Waals surface area contributed by atoms with Crippen LogP contribution in [-0.2, 0) is 28.9 Å². The van der Waals surface area contributed by atoms with Gasteiger partial charge in [-0.05, 0) is 37.8 Å².